The molecular weight excluding hydrogens is 160 g/mol. The molecule has 3 N–H and O–H groups in total. The van der Waals surface area contributed by atoms with Gasteiger partial charge in [0.1, 0.15) is 6.10 Å². The van der Waals surface area contributed by atoms with Crippen molar-refractivity contribution in [2.75, 3.05) is 6.61 Å². The molecule has 1 rings (SSSR count). The minimum absolute atomic E-state index is 0.0501. The number of rotatable bonds is 1. The first-order valence-electron chi connectivity index (χ1n) is 4.20. The maximum atomic E-state index is 9.37. The lowest BCUT2D eigenvalue weighted by atomic mass is 9.84. The van der Waals surface area contributed by atoms with Crippen molar-refractivity contribution in [3.8, 4) is 0 Å². The predicted molar refractivity (Wildman–Crippen MR) is 42.3 cm³/mol. The van der Waals surface area contributed by atoms with Gasteiger partial charge in [-0.1, -0.05) is 13.8 Å². The zero-order valence-electron chi connectivity index (χ0n) is 7.34. The minimum atomic E-state index is -1.16. The van der Waals surface area contributed by atoms with E-state index in [1.54, 1.807) is 0 Å². The minimum Gasteiger partial charge on any atom is -0.394 e. The zero-order chi connectivity index (χ0) is 9.30. The Hall–Kier alpha value is -0.160. The van der Waals surface area contributed by atoms with Gasteiger partial charge in [-0.3, -0.25) is 0 Å². The van der Waals surface area contributed by atoms with Crippen LogP contribution >= 0.6 is 0 Å². The van der Waals surface area contributed by atoms with Gasteiger partial charge in [0, 0.05) is 0 Å². The highest BCUT2D eigenvalue weighted by Crippen LogP contribution is 2.29. The molecule has 5 atom stereocenters. The molecule has 72 valence electrons. The van der Waals surface area contributed by atoms with Crippen LogP contribution in [0.15, 0.2) is 0 Å². The molecule has 0 amide bonds. The number of ether oxygens (including phenoxy) is 1. The van der Waals surface area contributed by atoms with Gasteiger partial charge in [-0.05, 0) is 11.8 Å². The maximum Gasteiger partial charge on any atom is 0.181 e. The maximum absolute atomic E-state index is 9.37. The Morgan fingerprint density at radius 2 is 1.75 bits per heavy atom. The molecule has 1 aliphatic rings. The standard InChI is InChI=1S/C8H16O4/c1-4-5(2)7(10)8(11)12-6(4)3-9/h4-11H,3H2,1-2H3/t4-,5?,6?,7?,8-/m1/s1. The molecule has 1 aliphatic heterocycles. The quantitative estimate of drug-likeness (QED) is 0.495. The summed E-state index contributed by atoms with van der Waals surface area (Å²) in [6.45, 7) is 3.61. The van der Waals surface area contributed by atoms with Crippen molar-refractivity contribution in [2.45, 2.75) is 32.3 Å². The fraction of sp³-hybridized carbons (Fsp3) is 1.00. The molecule has 0 spiro atoms. The van der Waals surface area contributed by atoms with E-state index in [9.17, 15) is 10.2 Å². The lowest BCUT2D eigenvalue weighted by molar-refractivity contribution is -0.255. The van der Waals surface area contributed by atoms with E-state index in [0.717, 1.165) is 0 Å². The van der Waals surface area contributed by atoms with Crippen LogP contribution in [0.5, 0.6) is 0 Å². The zero-order valence-corrected chi connectivity index (χ0v) is 7.34. The summed E-state index contributed by atoms with van der Waals surface area (Å²) in [6, 6.07) is 0. The van der Waals surface area contributed by atoms with Crippen LogP contribution in [0.2, 0.25) is 0 Å². The first-order valence-corrected chi connectivity index (χ1v) is 4.20. The van der Waals surface area contributed by atoms with Gasteiger partial charge in [0.2, 0.25) is 0 Å². The third kappa shape index (κ3) is 1.61. The van der Waals surface area contributed by atoms with Crippen LogP contribution in [-0.2, 0) is 4.74 Å². The molecule has 0 aromatic heterocycles. The van der Waals surface area contributed by atoms with Gasteiger partial charge in [0.05, 0.1) is 12.7 Å². The van der Waals surface area contributed by atoms with Gasteiger partial charge in [-0.15, -0.1) is 0 Å². The molecule has 12 heavy (non-hydrogen) atoms. The molecule has 0 aromatic rings. The van der Waals surface area contributed by atoms with E-state index in [-0.39, 0.29) is 24.5 Å². The van der Waals surface area contributed by atoms with Gasteiger partial charge in [-0.2, -0.15) is 0 Å². The van der Waals surface area contributed by atoms with Crippen LogP contribution in [0.25, 0.3) is 0 Å². The van der Waals surface area contributed by atoms with Crippen LogP contribution in [0.4, 0.5) is 0 Å². The summed E-state index contributed by atoms with van der Waals surface area (Å²) in [4.78, 5) is 0. The Balaban J connectivity index is 2.63. The smallest absolute Gasteiger partial charge is 0.181 e. The first kappa shape index (κ1) is 9.92. The summed E-state index contributed by atoms with van der Waals surface area (Å²) < 4.78 is 4.99. The molecule has 1 heterocycles. The van der Waals surface area contributed by atoms with Gasteiger partial charge in [0.25, 0.3) is 0 Å². The number of hydrogen-bond acceptors (Lipinski definition) is 4. The summed E-state index contributed by atoms with van der Waals surface area (Å²) in [5.41, 5.74) is 0. The highest BCUT2D eigenvalue weighted by Gasteiger charge is 2.39. The SMILES string of the molecule is CC1C(O)[C@H](O)OC(CO)[C@@H]1C. The molecule has 0 radical (unpaired) electrons. The van der Waals surface area contributed by atoms with E-state index in [1.165, 1.54) is 0 Å². The lowest BCUT2D eigenvalue weighted by Crippen LogP contribution is -2.50. The van der Waals surface area contributed by atoms with Gasteiger partial charge in [-0.25, -0.2) is 0 Å². The van der Waals surface area contributed by atoms with Crippen LogP contribution in [0.1, 0.15) is 13.8 Å². The summed E-state index contributed by atoms with van der Waals surface area (Å²) in [6.07, 6.45) is -2.37. The number of hydrogen-bond donors (Lipinski definition) is 3. The van der Waals surface area contributed by atoms with E-state index >= 15 is 0 Å². The monoisotopic (exact) mass is 176 g/mol. The fourth-order valence-electron chi connectivity index (χ4n) is 1.50. The molecule has 0 bridgehead atoms. The molecule has 0 aliphatic carbocycles. The first-order chi connectivity index (χ1) is 5.57. The average molecular weight is 176 g/mol. The van der Waals surface area contributed by atoms with Crippen molar-refractivity contribution in [1.82, 2.24) is 0 Å². The van der Waals surface area contributed by atoms with E-state index in [1.807, 2.05) is 13.8 Å². The molecular formula is C8H16O4. The normalized spacial score (nSPS) is 49.2. The lowest BCUT2D eigenvalue weighted by Gasteiger charge is -2.39. The van der Waals surface area contributed by atoms with E-state index in [2.05, 4.69) is 0 Å². The molecule has 3 unspecified atom stereocenters. The van der Waals surface area contributed by atoms with E-state index < -0.39 is 12.4 Å². The van der Waals surface area contributed by atoms with Crippen molar-refractivity contribution in [3.05, 3.63) is 0 Å². The van der Waals surface area contributed by atoms with E-state index in [4.69, 9.17) is 9.84 Å². The van der Waals surface area contributed by atoms with Crippen LogP contribution in [0.3, 0.4) is 0 Å². The molecule has 1 fully saturated rings. The van der Waals surface area contributed by atoms with Gasteiger partial charge < -0.3 is 20.1 Å². The summed E-state index contributed by atoms with van der Waals surface area (Å²) in [7, 11) is 0. The summed E-state index contributed by atoms with van der Waals surface area (Å²) >= 11 is 0. The van der Waals surface area contributed by atoms with Crippen molar-refractivity contribution in [3.63, 3.8) is 0 Å². The van der Waals surface area contributed by atoms with Crippen molar-refractivity contribution >= 4 is 0 Å². The number of aliphatic hydroxyl groups excluding tert-OH is 3. The molecule has 4 nitrogen and oxygen atoms in total. The van der Waals surface area contributed by atoms with Crippen LogP contribution in [0, 0.1) is 11.8 Å². The number of aliphatic hydroxyl groups is 3. The third-order valence-electron chi connectivity index (χ3n) is 2.74. The van der Waals surface area contributed by atoms with Crippen molar-refractivity contribution < 1.29 is 20.1 Å². The Morgan fingerprint density at radius 1 is 1.17 bits per heavy atom. The second-order valence-corrected chi connectivity index (χ2v) is 3.46. The second-order valence-electron chi connectivity index (χ2n) is 3.46. The Bertz CT molecular complexity index is 145. The molecule has 0 saturated carbocycles. The molecule has 4 heteroatoms. The topological polar surface area (TPSA) is 69.9 Å². The fourth-order valence-corrected chi connectivity index (χ4v) is 1.50. The largest absolute Gasteiger partial charge is 0.394 e. The van der Waals surface area contributed by atoms with Crippen molar-refractivity contribution in [1.29, 1.82) is 0 Å². The summed E-state index contributed by atoms with van der Waals surface area (Å²) in [5.74, 6) is 0.0132. The highest BCUT2D eigenvalue weighted by molar-refractivity contribution is 4.83. The third-order valence-corrected chi connectivity index (χ3v) is 2.74. The Kier molecular flexibility index (Phi) is 3.06. The Labute approximate surface area is 71.8 Å². The predicted octanol–water partition coefficient (Wildman–Crippen LogP) is -0.671. The summed E-state index contributed by atoms with van der Waals surface area (Å²) in [5, 5.41) is 27.4. The van der Waals surface area contributed by atoms with Gasteiger partial charge in [0.15, 0.2) is 6.29 Å². The molecule has 0 aromatic carbocycles. The average Bonchev–Trinajstić information content (AvgIpc) is 2.08. The highest BCUT2D eigenvalue weighted by atomic mass is 16.6. The van der Waals surface area contributed by atoms with Crippen LogP contribution in [-0.4, -0.2) is 40.4 Å². The van der Waals surface area contributed by atoms with Crippen molar-refractivity contribution in [2.24, 2.45) is 11.8 Å². The second kappa shape index (κ2) is 3.70. The van der Waals surface area contributed by atoms with Crippen LogP contribution < -0.4 is 0 Å². The van der Waals surface area contributed by atoms with E-state index in [0.29, 0.717) is 0 Å². The molecule has 1 saturated heterocycles. The Morgan fingerprint density at radius 3 is 2.25 bits per heavy atom. The van der Waals surface area contributed by atoms with Gasteiger partial charge >= 0.3 is 0 Å².